The van der Waals surface area contributed by atoms with Crippen molar-refractivity contribution in [3.8, 4) is 16.9 Å². The lowest BCUT2D eigenvalue weighted by Crippen LogP contribution is -2.23. The third kappa shape index (κ3) is 2.72. The summed E-state index contributed by atoms with van der Waals surface area (Å²) in [6, 6.07) is 11.3. The summed E-state index contributed by atoms with van der Waals surface area (Å²) in [6.45, 7) is 0.937. The Morgan fingerprint density at radius 3 is 2.75 bits per heavy atom. The molecule has 0 bridgehead atoms. The molecule has 3 aromatic rings. The number of benzene rings is 1. The maximum absolute atomic E-state index is 12.4. The van der Waals surface area contributed by atoms with E-state index in [0.717, 1.165) is 28.0 Å². The Morgan fingerprint density at radius 1 is 1.04 bits per heavy atom. The molecule has 1 N–H and O–H groups in total. The molecule has 1 aromatic carbocycles. The topological polar surface area (TPSA) is 64.1 Å². The van der Waals surface area contributed by atoms with Crippen molar-refractivity contribution in [3.05, 3.63) is 77.9 Å². The van der Waals surface area contributed by atoms with Crippen LogP contribution in [0.2, 0.25) is 0 Å². The molecule has 5 heteroatoms. The third-order valence-corrected chi connectivity index (χ3v) is 4.02. The van der Waals surface area contributed by atoms with Crippen LogP contribution in [0.3, 0.4) is 0 Å². The van der Waals surface area contributed by atoms with Crippen LogP contribution in [-0.2, 0) is 13.2 Å². The van der Waals surface area contributed by atoms with E-state index in [9.17, 15) is 4.79 Å². The molecule has 0 spiro atoms. The van der Waals surface area contributed by atoms with Crippen LogP contribution in [0.1, 0.15) is 21.5 Å². The first kappa shape index (κ1) is 14.4. The average Bonchev–Trinajstić information content (AvgIpc) is 2.66. The van der Waals surface area contributed by atoms with Crippen LogP contribution < -0.4 is 10.1 Å². The summed E-state index contributed by atoms with van der Waals surface area (Å²) in [4.78, 5) is 20.4. The summed E-state index contributed by atoms with van der Waals surface area (Å²) in [5, 5.41) is 2.91. The Balaban J connectivity index is 1.55. The molecule has 1 amide bonds. The molecule has 4 rings (SSSR count). The maximum Gasteiger partial charge on any atom is 0.251 e. The molecule has 0 unspecified atom stereocenters. The monoisotopic (exact) mass is 317 g/mol. The van der Waals surface area contributed by atoms with Crippen molar-refractivity contribution < 1.29 is 9.53 Å². The molecule has 0 atom stereocenters. The van der Waals surface area contributed by atoms with E-state index in [1.807, 2.05) is 36.5 Å². The number of amides is 1. The second kappa shape index (κ2) is 6.12. The van der Waals surface area contributed by atoms with Gasteiger partial charge >= 0.3 is 0 Å². The fourth-order valence-corrected chi connectivity index (χ4v) is 2.75. The van der Waals surface area contributed by atoms with Gasteiger partial charge in [-0.2, -0.15) is 0 Å². The minimum absolute atomic E-state index is 0.126. The van der Waals surface area contributed by atoms with Gasteiger partial charge in [0.25, 0.3) is 5.91 Å². The molecule has 3 heterocycles. The normalized spacial score (nSPS) is 11.8. The Bertz CT molecular complexity index is 894. The highest BCUT2D eigenvalue weighted by Gasteiger charge is 2.18. The lowest BCUT2D eigenvalue weighted by atomic mass is 9.97. The number of rotatable bonds is 3. The van der Waals surface area contributed by atoms with E-state index in [4.69, 9.17) is 4.74 Å². The van der Waals surface area contributed by atoms with Crippen LogP contribution in [0.5, 0.6) is 5.75 Å². The molecule has 1 aliphatic heterocycles. The summed E-state index contributed by atoms with van der Waals surface area (Å²) >= 11 is 0. The highest BCUT2D eigenvalue weighted by molar-refractivity contribution is 5.95. The lowest BCUT2D eigenvalue weighted by molar-refractivity contribution is 0.0950. The van der Waals surface area contributed by atoms with Gasteiger partial charge in [-0.3, -0.25) is 14.8 Å². The number of carbonyl (C=O) groups excluding carboxylic acids is 1. The first-order chi connectivity index (χ1) is 11.8. The van der Waals surface area contributed by atoms with Crippen LogP contribution in [0, 0.1) is 0 Å². The summed E-state index contributed by atoms with van der Waals surface area (Å²) in [7, 11) is 0. The minimum Gasteiger partial charge on any atom is -0.488 e. The molecule has 1 aliphatic rings. The number of ether oxygens (including phenoxy) is 1. The summed E-state index contributed by atoms with van der Waals surface area (Å²) in [6.07, 6.45) is 7.00. The molecule has 0 fully saturated rings. The Kier molecular flexibility index (Phi) is 3.67. The van der Waals surface area contributed by atoms with Gasteiger partial charge in [0.2, 0.25) is 0 Å². The Hall–Kier alpha value is -3.21. The Morgan fingerprint density at radius 2 is 1.88 bits per heavy atom. The molecular weight excluding hydrogens is 302 g/mol. The second-order valence-electron chi connectivity index (χ2n) is 5.57. The van der Waals surface area contributed by atoms with Gasteiger partial charge < -0.3 is 10.1 Å². The van der Waals surface area contributed by atoms with Crippen molar-refractivity contribution in [2.75, 3.05) is 0 Å². The van der Waals surface area contributed by atoms with E-state index in [1.165, 1.54) is 0 Å². The zero-order chi connectivity index (χ0) is 16.4. The van der Waals surface area contributed by atoms with Gasteiger partial charge in [-0.15, -0.1) is 0 Å². The van der Waals surface area contributed by atoms with Crippen LogP contribution in [0.25, 0.3) is 11.1 Å². The van der Waals surface area contributed by atoms with E-state index in [2.05, 4.69) is 15.3 Å². The van der Waals surface area contributed by atoms with Gasteiger partial charge in [0, 0.05) is 48.0 Å². The number of carbonyl (C=O) groups is 1. The zero-order valence-corrected chi connectivity index (χ0v) is 12.9. The number of nitrogens with one attached hydrogen (secondary N) is 1. The summed E-state index contributed by atoms with van der Waals surface area (Å²) in [5.41, 5.74) is 4.74. The van der Waals surface area contributed by atoms with Gasteiger partial charge in [-0.05, 0) is 47.5 Å². The molecule has 118 valence electrons. The van der Waals surface area contributed by atoms with Crippen LogP contribution in [-0.4, -0.2) is 15.9 Å². The molecule has 0 saturated carbocycles. The number of aromatic nitrogens is 2. The SMILES string of the molecule is O=C(NCc1ccncc1)c1ccc2c(c1)OCc1cnccc1-2. The van der Waals surface area contributed by atoms with Crippen molar-refractivity contribution in [2.45, 2.75) is 13.2 Å². The standard InChI is InChI=1S/C19H15N3O2/c23-19(22-10-13-3-6-20-7-4-13)14-1-2-17-16-5-8-21-11-15(16)12-24-18(17)9-14/h1-9,11H,10,12H2,(H,22,23). The quantitative estimate of drug-likeness (QED) is 0.806. The molecule has 5 nitrogen and oxygen atoms in total. The number of hydrogen-bond acceptors (Lipinski definition) is 4. The maximum atomic E-state index is 12.4. The van der Waals surface area contributed by atoms with Crippen molar-refractivity contribution in [3.63, 3.8) is 0 Å². The van der Waals surface area contributed by atoms with E-state index in [-0.39, 0.29) is 5.91 Å². The van der Waals surface area contributed by atoms with Gasteiger partial charge in [0.15, 0.2) is 0 Å². The van der Waals surface area contributed by atoms with Crippen LogP contribution in [0.4, 0.5) is 0 Å². The first-order valence-corrected chi connectivity index (χ1v) is 7.68. The highest BCUT2D eigenvalue weighted by Crippen LogP contribution is 2.37. The van der Waals surface area contributed by atoms with Crippen LogP contribution >= 0.6 is 0 Å². The number of hydrogen-bond donors (Lipinski definition) is 1. The first-order valence-electron chi connectivity index (χ1n) is 7.68. The van der Waals surface area contributed by atoms with Gasteiger partial charge in [0.05, 0.1) is 0 Å². The lowest BCUT2D eigenvalue weighted by Gasteiger charge is -2.20. The highest BCUT2D eigenvalue weighted by atomic mass is 16.5. The van der Waals surface area contributed by atoms with E-state index < -0.39 is 0 Å². The van der Waals surface area contributed by atoms with Crippen molar-refractivity contribution in [1.82, 2.24) is 15.3 Å². The van der Waals surface area contributed by atoms with Crippen molar-refractivity contribution in [2.24, 2.45) is 0 Å². The van der Waals surface area contributed by atoms with Crippen LogP contribution in [0.15, 0.2) is 61.2 Å². The predicted octanol–water partition coefficient (Wildman–Crippen LogP) is 2.97. The molecule has 2 aromatic heterocycles. The molecule has 24 heavy (non-hydrogen) atoms. The second-order valence-corrected chi connectivity index (χ2v) is 5.57. The molecule has 0 aliphatic carbocycles. The van der Waals surface area contributed by atoms with Gasteiger partial charge in [-0.25, -0.2) is 0 Å². The summed E-state index contributed by atoms with van der Waals surface area (Å²) < 4.78 is 5.78. The van der Waals surface area contributed by atoms with Crippen molar-refractivity contribution in [1.29, 1.82) is 0 Å². The smallest absolute Gasteiger partial charge is 0.251 e. The number of fused-ring (bicyclic) bond motifs is 3. The van der Waals surface area contributed by atoms with E-state index in [1.54, 1.807) is 24.7 Å². The minimum atomic E-state index is -0.126. The molecule has 0 saturated heterocycles. The average molecular weight is 317 g/mol. The molecule has 0 radical (unpaired) electrons. The largest absolute Gasteiger partial charge is 0.488 e. The van der Waals surface area contributed by atoms with Crippen molar-refractivity contribution >= 4 is 5.91 Å². The zero-order valence-electron chi connectivity index (χ0n) is 12.9. The Labute approximate surface area is 139 Å². The van der Waals surface area contributed by atoms with E-state index in [0.29, 0.717) is 18.7 Å². The fourth-order valence-electron chi connectivity index (χ4n) is 2.75. The molecular formula is C19H15N3O2. The number of nitrogens with zero attached hydrogens (tertiary/aromatic N) is 2. The predicted molar refractivity (Wildman–Crippen MR) is 89.4 cm³/mol. The number of pyridine rings is 2. The van der Waals surface area contributed by atoms with Gasteiger partial charge in [-0.1, -0.05) is 0 Å². The fraction of sp³-hybridized carbons (Fsp3) is 0.105. The summed E-state index contributed by atoms with van der Waals surface area (Å²) in [5.74, 6) is 0.601. The van der Waals surface area contributed by atoms with E-state index >= 15 is 0 Å². The third-order valence-electron chi connectivity index (χ3n) is 4.02. The van der Waals surface area contributed by atoms with Gasteiger partial charge in [0.1, 0.15) is 12.4 Å².